The highest BCUT2D eigenvalue weighted by atomic mass is 16.2. The standard InChI is InChI=1S/C11H22N2O2/c1-6(2)5-9(13)11(15)7(3)10(14)8(4)12/h6-9H,5,12-13H2,1-4H3/t7?,8-,9-/m0/s1. The average molecular weight is 214 g/mol. The van der Waals surface area contributed by atoms with Crippen LogP contribution in [0.5, 0.6) is 0 Å². The molecule has 1 unspecified atom stereocenters. The Kier molecular flexibility index (Phi) is 5.68. The lowest BCUT2D eigenvalue weighted by atomic mass is 9.89. The summed E-state index contributed by atoms with van der Waals surface area (Å²) in [5, 5.41) is 0. The Morgan fingerprint density at radius 1 is 1.00 bits per heavy atom. The molecule has 0 radical (unpaired) electrons. The third kappa shape index (κ3) is 4.53. The number of hydrogen-bond donors (Lipinski definition) is 2. The number of carbonyl (C=O) groups is 2. The summed E-state index contributed by atoms with van der Waals surface area (Å²) in [6.07, 6.45) is 0.607. The van der Waals surface area contributed by atoms with Gasteiger partial charge in [-0.2, -0.15) is 0 Å². The first-order valence-corrected chi connectivity index (χ1v) is 5.36. The van der Waals surface area contributed by atoms with Crippen LogP contribution >= 0.6 is 0 Å². The number of ketones is 2. The topological polar surface area (TPSA) is 86.2 Å². The maximum absolute atomic E-state index is 11.7. The Morgan fingerprint density at radius 2 is 1.47 bits per heavy atom. The van der Waals surface area contributed by atoms with E-state index in [4.69, 9.17) is 11.5 Å². The van der Waals surface area contributed by atoms with Crippen LogP contribution in [0.4, 0.5) is 0 Å². The van der Waals surface area contributed by atoms with E-state index in [0.29, 0.717) is 12.3 Å². The maximum Gasteiger partial charge on any atom is 0.159 e. The lowest BCUT2D eigenvalue weighted by molar-refractivity contribution is -0.133. The van der Waals surface area contributed by atoms with Gasteiger partial charge in [0.1, 0.15) is 0 Å². The van der Waals surface area contributed by atoms with Crippen LogP contribution in [0.3, 0.4) is 0 Å². The van der Waals surface area contributed by atoms with Gasteiger partial charge in [0.25, 0.3) is 0 Å². The molecular weight excluding hydrogens is 192 g/mol. The number of nitrogens with two attached hydrogens (primary N) is 2. The van der Waals surface area contributed by atoms with Crippen LogP contribution in [0.2, 0.25) is 0 Å². The van der Waals surface area contributed by atoms with Crippen LogP contribution in [0, 0.1) is 11.8 Å². The first-order valence-electron chi connectivity index (χ1n) is 5.36. The molecule has 0 rings (SSSR count). The Labute approximate surface area is 91.4 Å². The predicted molar refractivity (Wildman–Crippen MR) is 60.3 cm³/mol. The van der Waals surface area contributed by atoms with Crippen LogP contribution < -0.4 is 11.5 Å². The van der Waals surface area contributed by atoms with Crippen molar-refractivity contribution in [1.29, 1.82) is 0 Å². The van der Waals surface area contributed by atoms with Crippen molar-refractivity contribution in [2.24, 2.45) is 23.3 Å². The molecule has 0 aliphatic carbocycles. The van der Waals surface area contributed by atoms with E-state index < -0.39 is 18.0 Å². The minimum Gasteiger partial charge on any atom is -0.322 e. The molecule has 0 heterocycles. The van der Waals surface area contributed by atoms with Crippen molar-refractivity contribution in [2.75, 3.05) is 0 Å². The Balaban J connectivity index is 4.37. The lowest BCUT2D eigenvalue weighted by Gasteiger charge is -2.18. The van der Waals surface area contributed by atoms with E-state index in [1.807, 2.05) is 13.8 Å². The van der Waals surface area contributed by atoms with Gasteiger partial charge in [0.2, 0.25) is 0 Å². The summed E-state index contributed by atoms with van der Waals surface area (Å²) in [5.41, 5.74) is 11.1. The third-order valence-electron chi connectivity index (χ3n) is 2.39. The van der Waals surface area contributed by atoms with Gasteiger partial charge in [0.15, 0.2) is 11.6 Å². The monoisotopic (exact) mass is 214 g/mol. The first kappa shape index (κ1) is 14.3. The van der Waals surface area contributed by atoms with E-state index in [2.05, 4.69) is 0 Å². The molecule has 0 aromatic heterocycles. The summed E-state index contributed by atoms with van der Waals surface area (Å²) in [7, 11) is 0. The molecule has 0 aliphatic rings. The number of carbonyl (C=O) groups excluding carboxylic acids is 2. The van der Waals surface area contributed by atoms with Gasteiger partial charge in [-0.05, 0) is 26.2 Å². The molecule has 0 aromatic carbocycles. The molecule has 4 nitrogen and oxygen atoms in total. The van der Waals surface area contributed by atoms with Crippen molar-refractivity contribution in [3.8, 4) is 0 Å². The molecule has 0 bridgehead atoms. The fourth-order valence-corrected chi connectivity index (χ4v) is 1.48. The summed E-state index contributed by atoms with van der Waals surface area (Å²) >= 11 is 0. The zero-order chi connectivity index (χ0) is 12.2. The molecule has 15 heavy (non-hydrogen) atoms. The summed E-state index contributed by atoms with van der Waals surface area (Å²) in [5.74, 6) is -0.773. The summed E-state index contributed by atoms with van der Waals surface area (Å²) < 4.78 is 0. The Morgan fingerprint density at radius 3 is 1.80 bits per heavy atom. The van der Waals surface area contributed by atoms with Gasteiger partial charge >= 0.3 is 0 Å². The number of rotatable bonds is 6. The molecule has 0 fully saturated rings. The minimum atomic E-state index is -0.682. The van der Waals surface area contributed by atoms with Crippen molar-refractivity contribution in [1.82, 2.24) is 0 Å². The van der Waals surface area contributed by atoms with Crippen molar-refractivity contribution in [3.63, 3.8) is 0 Å². The SMILES string of the molecule is CC(C)C[C@H](N)C(=O)C(C)C(=O)[C@H](C)N. The van der Waals surface area contributed by atoms with Crippen molar-refractivity contribution >= 4 is 11.6 Å². The van der Waals surface area contributed by atoms with Gasteiger partial charge < -0.3 is 11.5 Å². The van der Waals surface area contributed by atoms with Gasteiger partial charge in [0.05, 0.1) is 18.0 Å². The van der Waals surface area contributed by atoms with Crippen molar-refractivity contribution < 1.29 is 9.59 Å². The Hall–Kier alpha value is -0.740. The molecule has 3 atom stereocenters. The van der Waals surface area contributed by atoms with Crippen LogP contribution in [-0.2, 0) is 9.59 Å². The smallest absolute Gasteiger partial charge is 0.159 e. The summed E-state index contributed by atoms with van der Waals surface area (Å²) in [4.78, 5) is 23.2. The highest BCUT2D eigenvalue weighted by Crippen LogP contribution is 2.10. The zero-order valence-corrected chi connectivity index (χ0v) is 9.99. The number of Topliss-reactive ketones (excluding diaryl/α,β-unsaturated/α-hetero) is 2. The highest BCUT2D eigenvalue weighted by Gasteiger charge is 2.28. The molecule has 4 N–H and O–H groups in total. The van der Waals surface area contributed by atoms with Crippen molar-refractivity contribution in [3.05, 3.63) is 0 Å². The van der Waals surface area contributed by atoms with Gasteiger partial charge in [-0.1, -0.05) is 13.8 Å². The zero-order valence-electron chi connectivity index (χ0n) is 9.99. The minimum absolute atomic E-state index is 0.203. The molecule has 4 heteroatoms. The second kappa shape index (κ2) is 5.98. The molecule has 0 amide bonds. The van der Waals surface area contributed by atoms with E-state index >= 15 is 0 Å². The van der Waals surface area contributed by atoms with E-state index in [1.165, 1.54) is 0 Å². The highest BCUT2D eigenvalue weighted by molar-refractivity contribution is 6.06. The molecular formula is C11H22N2O2. The van der Waals surface area contributed by atoms with E-state index in [9.17, 15) is 9.59 Å². The van der Waals surface area contributed by atoms with E-state index in [1.54, 1.807) is 13.8 Å². The molecule has 0 saturated heterocycles. The van der Waals surface area contributed by atoms with Crippen molar-refractivity contribution in [2.45, 2.75) is 46.2 Å². The second-order valence-corrected chi connectivity index (χ2v) is 4.55. The molecule has 0 saturated carbocycles. The van der Waals surface area contributed by atoms with E-state index in [0.717, 1.165) is 0 Å². The van der Waals surface area contributed by atoms with Crippen LogP contribution in [0.1, 0.15) is 34.1 Å². The molecule has 88 valence electrons. The number of hydrogen-bond acceptors (Lipinski definition) is 4. The summed E-state index contributed by atoms with van der Waals surface area (Å²) in [6, 6.07) is -1.15. The Bertz CT molecular complexity index is 237. The first-order chi connectivity index (χ1) is 6.77. The van der Waals surface area contributed by atoms with Crippen LogP contribution in [0.15, 0.2) is 0 Å². The van der Waals surface area contributed by atoms with E-state index in [-0.39, 0.29) is 11.6 Å². The van der Waals surface area contributed by atoms with Crippen LogP contribution in [-0.4, -0.2) is 23.7 Å². The second-order valence-electron chi connectivity index (χ2n) is 4.55. The molecule has 0 spiro atoms. The lowest BCUT2D eigenvalue weighted by Crippen LogP contribution is -2.43. The fourth-order valence-electron chi connectivity index (χ4n) is 1.48. The fraction of sp³-hybridized carbons (Fsp3) is 0.818. The molecule has 0 aliphatic heterocycles. The third-order valence-corrected chi connectivity index (χ3v) is 2.39. The largest absolute Gasteiger partial charge is 0.322 e. The average Bonchev–Trinajstić information content (AvgIpc) is 2.13. The summed E-state index contributed by atoms with van der Waals surface area (Å²) in [6.45, 7) is 7.14. The predicted octanol–water partition coefficient (Wildman–Crippen LogP) is 0.481. The maximum atomic E-state index is 11.7. The quantitative estimate of drug-likeness (QED) is 0.630. The van der Waals surface area contributed by atoms with Gasteiger partial charge in [0, 0.05) is 0 Å². The van der Waals surface area contributed by atoms with Crippen LogP contribution in [0.25, 0.3) is 0 Å². The van der Waals surface area contributed by atoms with Gasteiger partial charge in [-0.15, -0.1) is 0 Å². The van der Waals surface area contributed by atoms with Gasteiger partial charge in [-0.3, -0.25) is 9.59 Å². The normalized spacial score (nSPS) is 17.3. The van der Waals surface area contributed by atoms with Gasteiger partial charge in [-0.25, -0.2) is 0 Å². The molecule has 0 aromatic rings.